The highest BCUT2D eigenvalue weighted by atomic mass is 19.1. The molecule has 2 aliphatic rings. The predicted molar refractivity (Wildman–Crippen MR) is 80.1 cm³/mol. The zero-order valence-electron chi connectivity index (χ0n) is 12.7. The van der Waals surface area contributed by atoms with Crippen molar-refractivity contribution in [3.05, 3.63) is 35.4 Å². The highest BCUT2D eigenvalue weighted by Gasteiger charge is 2.28. The molecule has 1 aliphatic carbocycles. The molecule has 1 aromatic carbocycles. The average Bonchev–Trinajstić information content (AvgIpc) is 2.41. The molecule has 0 bridgehead atoms. The summed E-state index contributed by atoms with van der Waals surface area (Å²) in [5.41, 5.74) is 0.381. The van der Waals surface area contributed by atoms with Gasteiger partial charge in [0.15, 0.2) is 0 Å². The van der Waals surface area contributed by atoms with Gasteiger partial charge < -0.3 is 5.32 Å². The van der Waals surface area contributed by atoms with Gasteiger partial charge in [0.2, 0.25) is 5.91 Å². The van der Waals surface area contributed by atoms with E-state index < -0.39 is 5.82 Å². The molecule has 5 heteroatoms. The number of hydrogen-bond donors (Lipinski definition) is 1. The molecule has 1 N–H and O–H groups in total. The molecule has 0 aromatic heterocycles. The van der Waals surface area contributed by atoms with Crippen LogP contribution in [0.15, 0.2) is 18.2 Å². The third kappa shape index (κ3) is 3.64. The number of benzene rings is 1. The van der Waals surface area contributed by atoms with E-state index in [-0.39, 0.29) is 23.7 Å². The SMILES string of the molecule is O=C(NC1CCCN(Cc2cc(F)ccc2F)C1)C1CCC1. The number of nitrogens with zero attached hydrogens (tertiary/aromatic N) is 1. The van der Waals surface area contributed by atoms with Gasteiger partial charge in [-0.1, -0.05) is 6.42 Å². The first-order valence-corrected chi connectivity index (χ1v) is 8.08. The Bertz CT molecular complexity index is 545. The zero-order chi connectivity index (χ0) is 15.5. The summed E-state index contributed by atoms with van der Waals surface area (Å²) >= 11 is 0. The second kappa shape index (κ2) is 6.73. The van der Waals surface area contributed by atoms with Crippen LogP contribution in [0.5, 0.6) is 0 Å². The Hall–Kier alpha value is -1.49. The average molecular weight is 308 g/mol. The van der Waals surface area contributed by atoms with E-state index in [4.69, 9.17) is 0 Å². The molecule has 120 valence electrons. The second-order valence-electron chi connectivity index (χ2n) is 6.45. The minimum absolute atomic E-state index is 0.124. The lowest BCUT2D eigenvalue weighted by atomic mass is 9.84. The third-order valence-electron chi connectivity index (χ3n) is 4.73. The van der Waals surface area contributed by atoms with Crippen molar-refractivity contribution in [1.29, 1.82) is 0 Å². The van der Waals surface area contributed by atoms with Gasteiger partial charge in [0.1, 0.15) is 11.6 Å². The normalized spacial score (nSPS) is 23.1. The van der Waals surface area contributed by atoms with Crippen molar-refractivity contribution in [2.24, 2.45) is 5.92 Å². The molecule has 1 aromatic rings. The summed E-state index contributed by atoms with van der Waals surface area (Å²) in [6.45, 7) is 1.94. The van der Waals surface area contributed by atoms with Crippen LogP contribution >= 0.6 is 0 Å². The van der Waals surface area contributed by atoms with Crippen LogP contribution in [0.2, 0.25) is 0 Å². The van der Waals surface area contributed by atoms with Crippen molar-refractivity contribution < 1.29 is 13.6 Å². The fourth-order valence-electron chi connectivity index (χ4n) is 3.21. The van der Waals surface area contributed by atoms with Crippen LogP contribution in [-0.4, -0.2) is 29.9 Å². The van der Waals surface area contributed by atoms with E-state index in [1.165, 1.54) is 12.1 Å². The van der Waals surface area contributed by atoms with Crippen molar-refractivity contribution in [3.8, 4) is 0 Å². The lowest BCUT2D eigenvalue weighted by molar-refractivity contribution is -0.128. The molecule has 0 spiro atoms. The van der Waals surface area contributed by atoms with E-state index in [9.17, 15) is 13.6 Å². The first-order valence-electron chi connectivity index (χ1n) is 8.08. The van der Waals surface area contributed by atoms with Crippen molar-refractivity contribution in [3.63, 3.8) is 0 Å². The van der Waals surface area contributed by atoms with E-state index in [0.29, 0.717) is 18.7 Å². The number of hydrogen-bond acceptors (Lipinski definition) is 2. The van der Waals surface area contributed by atoms with E-state index >= 15 is 0 Å². The largest absolute Gasteiger partial charge is 0.352 e. The number of halogens is 2. The van der Waals surface area contributed by atoms with Gasteiger partial charge in [-0.25, -0.2) is 8.78 Å². The lowest BCUT2D eigenvalue weighted by Crippen LogP contribution is -2.49. The number of carbonyl (C=O) groups is 1. The van der Waals surface area contributed by atoms with Crippen LogP contribution in [0.25, 0.3) is 0 Å². The maximum absolute atomic E-state index is 13.7. The second-order valence-corrected chi connectivity index (χ2v) is 6.45. The summed E-state index contributed by atoms with van der Waals surface area (Å²) < 4.78 is 27.0. The molecule has 1 saturated carbocycles. The number of carbonyl (C=O) groups excluding carboxylic acids is 1. The maximum atomic E-state index is 13.7. The van der Waals surface area contributed by atoms with Gasteiger partial charge in [-0.3, -0.25) is 9.69 Å². The van der Waals surface area contributed by atoms with E-state index in [1.54, 1.807) is 0 Å². The first kappa shape index (κ1) is 15.4. The number of nitrogens with one attached hydrogen (secondary N) is 1. The summed E-state index contributed by atoms with van der Waals surface area (Å²) in [6.07, 6.45) is 5.06. The summed E-state index contributed by atoms with van der Waals surface area (Å²) in [5.74, 6) is -0.434. The van der Waals surface area contributed by atoms with E-state index in [1.807, 2.05) is 0 Å². The molecule has 22 heavy (non-hydrogen) atoms. The molecule has 1 unspecified atom stereocenters. The maximum Gasteiger partial charge on any atom is 0.223 e. The molecular weight excluding hydrogens is 286 g/mol. The first-order chi connectivity index (χ1) is 10.6. The van der Waals surface area contributed by atoms with Crippen LogP contribution in [0, 0.1) is 17.6 Å². The van der Waals surface area contributed by atoms with Gasteiger partial charge in [0, 0.05) is 30.6 Å². The summed E-state index contributed by atoms with van der Waals surface area (Å²) in [4.78, 5) is 14.1. The highest BCUT2D eigenvalue weighted by molar-refractivity contribution is 5.79. The predicted octanol–water partition coefficient (Wildman–Crippen LogP) is 2.85. The Kier molecular flexibility index (Phi) is 4.71. The van der Waals surface area contributed by atoms with Crippen LogP contribution in [-0.2, 0) is 11.3 Å². The minimum atomic E-state index is -0.414. The third-order valence-corrected chi connectivity index (χ3v) is 4.73. The number of amides is 1. The molecule has 2 fully saturated rings. The molecule has 0 radical (unpaired) electrons. The number of piperidine rings is 1. The van der Waals surface area contributed by atoms with Gasteiger partial charge in [-0.2, -0.15) is 0 Å². The Morgan fingerprint density at radius 2 is 2.05 bits per heavy atom. The molecule has 1 aliphatic heterocycles. The smallest absolute Gasteiger partial charge is 0.223 e. The fraction of sp³-hybridized carbons (Fsp3) is 0.588. The monoisotopic (exact) mass is 308 g/mol. The van der Waals surface area contributed by atoms with Gasteiger partial charge in [-0.15, -0.1) is 0 Å². The van der Waals surface area contributed by atoms with Crippen molar-refractivity contribution in [1.82, 2.24) is 10.2 Å². The molecule has 3 nitrogen and oxygen atoms in total. The van der Waals surface area contributed by atoms with Crippen LogP contribution < -0.4 is 5.32 Å². The Balaban J connectivity index is 1.55. The topological polar surface area (TPSA) is 32.3 Å². The number of likely N-dealkylation sites (tertiary alicyclic amines) is 1. The quantitative estimate of drug-likeness (QED) is 0.927. The molecule has 1 heterocycles. The minimum Gasteiger partial charge on any atom is -0.352 e. The molecule has 1 atom stereocenters. The van der Waals surface area contributed by atoms with Crippen LogP contribution in [0.1, 0.15) is 37.7 Å². The van der Waals surface area contributed by atoms with Crippen molar-refractivity contribution >= 4 is 5.91 Å². The van der Waals surface area contributed by atoms with Crippen molar-refractivity contribution in [2.75, 3.05) is 13.1 Å². The van der Waals surface area contributed by atoms with E-state index in [0.717, 1.165) is 44.7 Å². The molecule has 1 saturated heterocycles. The molecule has 1 amide bonds. The van der Waals surface area contributed by atoms with Gasteiger partial charge >= 0.3 is 0 Å². The zero-order valence-corrected chi connectivity index (χ0v) is 12.7. The Labute approximate surface area is 129 Å². The van der Waals surface area contributed by atoms with Gasteiger partial charge in [0.05, 0.1) is 0 Å². The van der Waals surface area contributed by atoms with Crippen LogP contribution in [0.3, 0.4) is 0 Å². The Morgan fingerprint density at radius 3 is 2.77 bits per heavy atom. The summed E-state index contributed by atoms with van der Waals surface area (Å²) in [6, 6.07) is 3.69. The van der Waals surface area contributed by atoms with Crippen LogP contribution in [0.4, 0.5) is 8.78 Å². The summed E-state index contributed by atoms with van der Waals surface area (Å²) in [5, 5.41) is 3.11. The Morgan fingerprint density at radius 1 is 1.23 bits per heavy atom. The molecular formula is C17H22F2N2O. The van der Waals surface area contributed by atoms with Gasteiger partial charge in [0.25, 0.3) is 0 Å². The standard InChI is InChI=1S/C17H22F2N2O/c18-14-6-7-16(19)13(9-14)10-21-8-2-5-15(11-21)20-17(22)12-3-1-4-12/h6-7,9,12,15H,1-5,8,10-11H2,(H,20,22). The number of rotatable bonds is 4. The van der Waals surface area contributed by atoms with Crippen molar-refractivity contribution in [2.45, 2.75) is 44.7 Å². The molecule has 3 rings (SSSR count). The highest BCUT2D eigenvalue weighted by Crippen LogP contribution is 2.27. The van der Waals surface area contributed by atoms with E-state index in [2.05, 4.69) is 10.2 Å². The fourth-order valence-corrected chi connectivity index (χ4v) is 3.21. The van der Waals surface area contributed by atoms with Gasteiger partial charge in [-0.05, 0) is 50.4 Å². The lowest BCUT2D eigenvalue weighted by Gasteiger charge is -2.35. The summed E-state index contributed by atoms with van der Waals surface area (Å²) in [7, 11) is 0.